The van der Waals surface area contributed by atoms with Gasteiger partial charge in [-0.05, 0) is 23.8 Å². The summed E-state index contributed by atoms with van der Waals surface area (Å²) in [6.07, 6.45) is 0.804. The zero-order chi connectivity index (χ0) is 18.0. The molecule has 0 bridgehead atoms. The van der Waals surface area contributed by atoms with Crippen molar-refractivity contribution in [2.24, 2.45) is 5.92 Å². The SMILES string of the molecule is CC(C)c1ccc(-c2csc(NC(=O)C[C@H]3CCS(=O)(=O)C3)n2)cc1. The van der Waals surface area contributed by atoms with Crippen LogP contribution in [0.4, 0.5) is 5.13 Å². The summed E-state index contributed by atoms with van der Waals surface area (Å²) < 4.78 is 22.9. The summed E-state index contributed by atoms with van der Waals surface area (Å²) in [5, 5.41) is 5.26. The number of carbonyl (C=O) groups excluding carboxylic acids is 1. The van der Waals surface area contributed by atoms with E-state index in [4.69, 9.17) is 0 Å². The van der Waals surface area contributed by atoms with E-state index in [0.29, 0.717) is 17.5 Å². The molecule has 0 unspecified atom stereocenters. The van der Waals surface area contributed by atoms with Gasteiger partial charge in [0.1, 0.15) is 0 Å². The number of nitrogens with zero attached hydrogens (tertiary/aromatic N) is 1. The van der Waals surface area contributed by atoms with Crippen LogP contribution in [-0.4, -0.2) is 30.8 Å². The molecule has 1 aromatic carbocycles. The van der Waals surface area contributed by atoms with Gasteiger partial charge in [-0.3, -0.25) is 4.79 Å². The second-order valence-electron chi connectivity index (χ2n) is 6.84. The first-order valence-corrected chi connectivity index (χ1v) is 11.1. The maximum absolute atomic E-state index is 12.1. The van der Waals surface area contributed by atoms with Crippen LogP contribution in [-0.2, 0) is 14.6 Å². The summed E-state index contributed by atoms with van der Waals surface area (Å²) in [4.78, 5) is 16.6. The number of rotatable bonds is 5. The number of hydrogen-bond donors (Lipinski definition) is 1. The van der Waals surface area contributed by atoms with Crippen LogP contribution in [0.2, 0.25) is 0 Å². The zero-order valence-electron chi connectivity index (χ0n) is 14.4. The standard InChI is InChI=1S/C18H22N2O3S2/c1-12(2)14-3-5-15(6-4-14)16-10-24-18(19-16)20-17(21)9-13-7-8-25(22,23)11-13/h3-6,10,12-13H,7-9,11H2,1-2H3,(H,19,20,21)/t13-/m1/s1. The lowest BCUT2D eigenvalue weighted by Crippen LogP contribution is -2.17. The van der Waals surface area contributed by atoms with Crippen molar-refractivity contribution in [3.63, 3.8) is 0 Å². The first-order chi connectivity index (χ1) is 11.8. The highest BCUT2D eigenvalue weighted by Crippen LogP contribution is 2.27. The van der Waals surface area contributed by atoms with Gasteiger partial charge in [-0.15, -0.1) is 11.3 Å². The predicted octanol–water partition coefficient (Wildman–Crippen LogP) is 3.70. The summed E-state index contributed by atoms with van der Waals surface area (Å²) in [5.41, 5.74) is 3.13. The van der Waals surface area contributed by atoms with Crippen molar-refractivity contribution in [3.05, 3.63) is 35.2 Å². The maximum atomic E-state index is 12.1. The van der Waals surface area contributed by atoms with Crippen LogP contribution in [0, 0.1) is 5.92 Å². The Morgan fingerprint density at radius 2 is 2.04 bits per heavy atom. The molecule has 0 aliphatic carbocycles. The summed E-state index contributed by atoms with van der Waals surface area (Å²) in [7, 11) is -2.95. The van der Waals surface area contributed by atoms with E-state index in [1.807, 2.05) is 17.5 Å². The van der Waals surface area contributed by atoms with Gasteiger partial charge in [0, 0.05) is 17.4 Å². The van der Waals surface area contributed by atoms with Gasteiger partial charge in [0.15, 0.2) is 15.0 Å². The molecule has 1 aliphatic rings. The minimum absolute atomic E-state index is 0.0759. The highest BCUT2D eigenvalue weighted by Gasteiger charge is 2.29. The lowest BCUT2D eigenvalue weighted by Gasteiger charge is -2.06. The van der Waals surface area contributed by atoms with Crippen molar-refractivity contribution in [1.82, 2.24) is 4.98 Å². The number of hydrogen-bond acceptors (Lipinski definition) is 5. The van der Waals surface area contributed by atoms with Crippen molar-refractivity contribution < 1.29 is 13.2 Å². The molecule has 0 radical (unpaired) electrons. The molecule has 1 aliphatic heterocycles. The molecule has 134 valence electrons. The molecule has 0 saturated carbocycles. The van der Waals surface area contributed by atoms with Crippen LogP contribution >= 0.6 is 11.3 Å². The van der Waals surface area contributed by atoms with Crippen LogP contribution in [0.1, 0.15) is 38.2 Å². The minimum Gasteiger partial charge on any atom is -0.302 e. The molecular weight excluding hydrogens is 356 g/mol. The molecule has 1 amide bonds. The van der Waals surface area contributed by atoms with Gasteiger partial charge in [0.25, 0.3) is 0 Å². The quantitative estimate of drug-likeness (QED) is 0.861. The Hall–Kier alpha value is -1.73. The summed E-state index contributed by atoms with van der Waals surface area (Å²) in [5.74, 6) is 0.551. The fourth-order valence-electron chi connectivity index (χ4n) is 2.97. The lowest BCUT2D eigenvalue weighted by atomic mass is 10.0. The lowest BCUT2D eigenvalue weighted by molar-refractivity contribution is -0.116. The first-order valence-electron chi connectivity index (χ1n) is 8.38. The van der Waals surface area contributed by atoms with Crippen molar-refractivity contribution in [2.45, 2.75) is 32.6 Å². The number of benzene rings is 1. The topological polar surface area (TPSA) is 76.1 Å². The van der Waals surface area contributed by atoms with Crippen LogP contribution in [0.3, 0.4) is 0 Å². The van der Waals surface area contributed by atoms with Crippen LogP contribution in [0.25, 0.3) is 11.3 Å². The first kappa shape index (κ1) is 18.1. The molecule has 25 heavy (non-hydrogen) atoms. The van der Waals surface area contributed by atoms with Crippen LogP contribution in [0.15, 0.2) is 29.6 Å². The number of carbonyl (C=O) groups is 1. The molecule has 1 saturated heterocycles. The summed E-state index contributed by atoms with van der Waals surface area (Å²) in [6.45, 7) is 4.31. The van der Waals surface area contributed by atoms with Crippen molar-refractivity contribution >= 4 is 32.2 Å². The van der Waals surface area contributed by atoms with Crippen LogP contribution in [0.5, 0.6) is 0 Å². The largest absolute Gasteiger partial charge is 0.302 e. The fraction of sp³-hybridized carbons (Fsp3) is 0.444. The molecular formula is C18H22N2O3S2. The molecule has 7 heteroatoms. The number of anilines is 1. The third-order valence-corrected chi connectivity index (χ3v) is 7.02. The summed E-state index contributed by atoms with van der Waals surface area (Å²) >= 11 is 1.38. The molecule has 1 N–H and O–H groups in total. The van der Waals surface area contributed by atoms with E-state index in [2.05, 4.69) is 36.3 Å². The molecule has 1 aromatic heterocycles. The van der Waals surface area contributed by atoms with E-state index in [1.54, 1.807) is 0 Å². The van der Waals surface area contributed by atoms with Gasteiger partial charge in [-0.25, -0.2) is 13.4 Å². The van der Waals surface area contributed by atoms with E-state index < -0.39 is 9.84 Å². The third-order valence-electron chi connectivity index (χ3n) is 4.42. The fourth-order valence-corrected chi connectivity index (χ4v) is 5.57. The van der Waals surface area contributed by atoms with Crippen molar-refractivity contribution in [1.29, 1.82) is 0 Å². The Balaban J connectivity index is 1.60. The molecule has 5 nitrogen and oxygen atoms in total. The Morgan fingerprint density at radius 3 is 2.64 bits per heavy atom. The number of amides is 1. The Labute approximate surface area is 152 Å². The van der Waals surface area contributed by atoms with Gasteiger partial charge >= 0.3 is 0 Å². The van der Waals surface area contributed by atoms with Crippen molar-refractivity contribution in [3.8, 4) is 11.3 Å². The van der Waals surface area contributed by atoms with Gasteiger partial charge < -0.3 is 5.32 Å². The molecule has 0 spiro atoms. The van der Waals surface area contributed by atoms with Gasteiger partial charge in [0.05, 0.1) is 17.2 Å². The smallest absolute Gasteiger partial charge is 0.226 e. The predicted molar refractivity (Wildman–Crippen MR) is 102 cm³/mol. The zero-order valence-corrected chi connectivity index (χ0v) is 16.0. The van der Waals surface area contributed by atoms with E-state index in [9.17, 15) is 13.2 Å². The number of nitrogens with one attached hydrogen (secondary N) is 1. The molecule has 1 fully saturated rings. The van der Waals surface area contributed by atoms with Gasteiger partial charge in [-0.1, -0.05) is 38.1 Å². The Morgan fingerprint density at radius 1 is 1.32 bits per heavy atom. The van der Waals surface area contributed by atoms with E-state index >= 15 is 0 Å². The highest BCUT2D eigenvalue weighted by atomic mass is 32.2. The van der Waals surface area contributed by atoms with E-state index in [-0.39, 0.29) is 29.8 Å². The average Bonchev–Trinajstić information content (AvgIpc) is 3.13. The molecule has 3 rings (SSSR count). The monoisotopic (exact) mass is 378 g/mol. The number of aromatic nitrogens is 1. The number of thiazole rings is 1. The molecule has 2 heterocycles. The molecule has 1 atom stereocenters. The minimum atomic E-state index is -2.95. The van der Waals surface area contributed by atoms with Gasteiger partial charge in [-0.2, -0.15) is 0 Å². The van der Waals surface area contributed by atoms with E-state index in [0.717, 1.165) is 11.3 Å². The normalized spacial score (nSPS) is 19.2. The maximum Gasteiger partial charge on any atom is 0.226 e. The Kier molecular flexibility index (Phi) is 5.24. The molecule has 2 aromatic rings. The highest BCUT2D eigenvalue weighted by molar-refractivity contribution is 7.91. The second kappa shape index (κ2) is 7.25. The van der Waals surface area contributed by atoms with Crippen LogP contribution < -0.4 is 5.32 Å². The van der Waals surface area contributed by atoms with Gasteiger partial charge in [0.2, 0.25) is 5.91 Å². The third kappa shape index (κ3) is 4.67. The summed E-state index contributed by atoms with van der Waals surface area (Å²) in [6, 6.07) is 8.27. The van der Waals surface area contributed by atoms with E-state index in [1.165, 1.54) is 16.9 Å². The second-order valence-corrected chi connectivity index (χ2v) is 9.92. The Bertz CT molecular complexity index is 855. The van der Waals surface area contributed by atoms with Crippen molar-refractivity contribution in [2.75, 3.05) is 16.8 Å². The number of sulfone groups is 1. The average molecular weight is 379 g/mol.